The third kappa shape index (κ3) is 5.48. The van der Waals surface area contributed by atoms with Gasteiger partial charge in [0.25, 0.3) is 0 Å². The molecule has 3 heterocycles. The molecule has 2 fully saturated rings. The Morgan fingerprint density at radius 3 is 2.34 bits per heavy atom. The number of benzene rings is 1. The normalized spacial score (nSPS) is 18.9. The van der Waals surface area contributed by atoms with Gasteiger partial charge in [-0.2, -0.15) is 10.2 Å². The van der Waals surface area contributed by atoms with Crippen LogP contribution in [0.4, 0.5) is 8.78 Å². The standard InChI is InChI=1S/C24H31F2N5O/c1-29(17-21-22(25)3-2-4-23(21)26)20-8-13-31(14-9-20)24(32)19-6-11-30(12-7-19)16-18-5-10-27-28-15-18/h2-5,10,15,19-20H,6-9,11-14,16-17H2,1H3. The molecule has 2 aromatic rings. The van der Waals surface area contributed by atoms with E-state index < -0.39 is 11.6 Å². The van der Waals surface area contributed by atoms with Gasteiger partial charge in [-0.3, -0.25) is 14.6 Å². The fourth-order valence-corrected chi connectivity index (χ4v) is 4.85. The van der Waals surface area contributed by atoms with E-state index in [1.807, 2.05) is 22.9 Å². The molecule has 2 saturated heterocycles. The molecule has 0 spiro atoms. The minimum absolute atomic E-state index is 0.0867. The van der Waals surface area contributed by atoms with Crippen LogP contribution in [-0.4, -0.2) is 70.1 Å². The number of hydrogen-bond acceptors (Lipinski definition) is 5. The van der Waals surface area contributed by atoms with Gasteiger partial charge >= 0.3 is 0 Å². The lowest BCUT2D eigenvalue weighted by Crippen LogP contribution is -2.48. The van der Waals surface area contributed by atoms with E-state index in [0.717, 1.165) is 50.9 Å². The van der Waals surface area contributed by atoms with Crippen LogP contribution in [0, 0.1) is 17.6 Å². The zero-order valence-corrected chi connectivity index (χ0v) is 18.6. The van der Waals surface area contributed by atoms with Gasteiger partial charge in [0.15, 0.2) is 0 Å². The second kappa shape index (κ2) is 10.4. The Labute approximate surface area is 188 Å². The monoisotopic (exact) mass is 443 g/mol. The van der Waals surface area contributed by atoms with Gasteiger partial charge in [0.2, 0.25) is 5.91 Å². The van der Waals surface area contributed by atoms with Crippen LogP contribution in [0.1, 0.15) is 36.8 Å². The smallest absolute Gasteiger partial charge is 0.225 e. The average Bonchev–Trinajstić information content (AvgIpc) is 2.82. The van der Waals surface area contributed by atoms with Crippen molar-refractivity contribution in [2.24, 2.45) is 5.92 Å². The van der Waals surface area contributed by atoms with E-state index in [2.05, 4.69) is 15.1 Å². The highest BCUT2D eigenvalue weighted by Gasteiger charge is 2.32. The van der Waals surface area contributed by atoms with Gasteiger partial charge in [-0.05, 0) is 69.6 Å². The number of carbonyl (C=O) groups is 1. The molecule has 0 bridgehead atoms. The molecule has 1 amide bonds. The van der Waals surface area contributed by atoms with Crippen LogP contribution in [0.25, 0.3) is 0 Å². The Kier molecular flexibility index (Phi) is 7.42. The summed E-state index contributed by atoms with van der Waals surface area (Å²) in [6, 6.07) is 6.18. The number of hydrogen-bond donors (Lipinski definition) is 0. The Morgan fingerprint density at radius 1 is 1.03 bits per heavy atom. The Balaban J connectivity index is 1.22. The minimum Gasteiger partial charge on any atom is -0.342 e. The van der Waals surface area contributed by atoms with Gasteiger partial charge in [0, 0.05) is 49.9 Å². The maximum atomic E-state index is 14.0. The van der Waals surface area contributed by atoms with Crippen LogP contribution in [0.3, 0.4) is 0 Å². The largest absolute Gasteiger partial charge is 0.342 e. The SMILES string of the molecule is CN(Cc1c(F)cccc1F)C1CCN(C(=O)C2CCN(Cc3ccnnc3)CC2)CC1. The molecule has 0 unspecified atom stereocenters. The summed E-state index contributed by atoms with van der Waals surface area (Å²) in [7, 11) is 1.90. The Morgan fingerprint density at radius 2 is 1.72 bits per heavy atom. The van der Waals surface area contributed by atoms with Gasteiger partial charge in [0.05, 0.1) is 6.20 Å². The first-order valence-corrected chi connectivity index (χ1v) is 11.4. The van der Waals surface area contributed by atoms with E-state index in [9.17, 15) is 13.6 Å². The molecule has 0 N–H and O–H groups in total. The van der Waals surface area contributed by atoms with Crippen molar-refractivity contribution in [1.29, 1.82) is 0 Å². The van der Waals surface area contributed by atoms with Gasteiger partial charge in [-0.25, -0.2) is 8.78 Å². The van der Waals surface area contributed by atoms with Crippen molar-refractivity contribution >= 4 is 5.91 Å². The van der Waals surface area contributed by atoms with Gasteiger partial charge in [-0.15, -0.1) is 0 Å². The second-order valence-electron chi connectivity index (χ2n) is 8.97. The highest BCUT2D eigenvalue weighted by molar-refractivity contribution is 5.79. The van der Waals surface area contributed by atoms with Gasteiger partial charge < -0.3 is 4.90 Å². The lowest BCUT2D eigenvalue weighted by atomic mass is 9.93. The predicted molar refractivity (Wildman–Crippen MR) is 117 cm³/mol. The summed E-state index contributed by atoms with van der Waals surface area (Å²) in [5.41, 5.74) is 1.26. The summed E-state index contributed by atoms with van der Waals surface area (Å²) >= 11 is 0. The van der Waals surface area contributed by atoms with E-state index >= 15 is 0 Å². The number of halogens is 2. The summed E-state index contributed by atoms with van der Waals surface area (Å²) in [5, 5.41) is 7.74. The number of amides is 1. The number of piperidine rings is 2. The van der Waals surface area contributed by atoms with Crippen molar-refractivity contribution in [3.63, 3.8) is 0 Å². The van der Waals surface area contributed by atoms with E-state index in [4.69, 9.17) is 0 Å². The van der Waals surface area contributed by atoms with E-state index in [1.54, 1.807) is 12.4 Å². The number of likely N-dealkylation sites (tertiary alicyclic amines) is 2. The number of nitrogens with zero attached hydrogens (tertiary/aromatic N) is 5. The number of rotatable bonds is 6. The molecular formula is C24H31F2N5O. The lowest BCUT2D eigenvalue weighted by Gasteiger charge is -2.39. The zero-order chi connectivity index (χ0) is 22.5. The predicted octanol–water partition coefficient (Wildman–Crippen LogP) is 3.09. The fourth-order valence-electron chi connectivity index (χ4n) is 4.85. The topological polar surface area (TPSA) is 52.6 Å². The molecule has 0 atom stereocenters. The molecule has 2 aliphatic heterocycles. The fraction of sp³-hybridized carbons (Fsp3) is 0.542. The van der Waals surface area contributed by atoms with Gasteiger partial charge in [-0.1, -0.05) is 6.07 Å². The Bertz CT molecular complexity index is 876. The summed E-state index contributed by atoms with van der Waals surface area (Å²) in [6.45, 7) is 4.31. The number of carbonyl (C=O) groups excluding carboxylic acids is 1. The summed E-state index contributed by atoms with van der Waals surface area (Å²) in [6.07, 6.45) is 6.91. The molecule has 1 aromatic heterocycles. The van der Waals surface area contributed by atoms with E-state index in [-0.39, 0.29) is 30.0 Å². The maximum absolute atomic E-state index is 14.0. The molecule has 0 aliphatic carbocycles. The first-order valence-electron chi connectivity index (χ1n) is 11.4. The zero-order valence-electron chi connectivity index (χ0n) is 18.6. The van der Waals surface area contributed by atoms with E-state index in [0.29, 0.717) is 13.1 Å². The molecule has 0 saturated carbocycles. The van der Waals surface area contributed by atoms with Crippen LogP contribution in [0.2, 0.25) is 0 Å². The molecule has 2 aliphatic rings. The highest BCUT2D eigenvalue weighted by atomic mass is 19.1. The van der Waals surface area contributed by atoms with Crippen molar-refractivity contribution in [3.8, 4) is 0 Å². The third-order valence-electron chi connectivity index (χ3n) is 6.86. The quantitative estimate of drug-likeness (QED) is 0.687. The molecule has 4 rings (SSSR count). The van der Waals surface area contributed by atoms with Gasteiger partial charge in [0.1, 0.15) is 11.6 Å². The van der Waals surface area contributed by atoms with Crippen LogP contribution in [-0.2, 0) is 17.9 Å². The molecule has 172 valence electrons. The molecule has 32 heavy (non-hydrogen) atoms. The highest BCUT2D eigenvalue weighted by Crippen LogP contribution is 2.25. The number of aromatic nitrogens is 2. The van der Waals surface area contributed by atoms with Crippen LogP contribution in [0.5, 0.6) is 0 Å². The van der Waals surface area contributed by atoms with Crippen molar-refractivity contribution in [1.82, 2.24) is 24.9 Å². The van der Waals surface area contributed by atoms with Crippen molar-refractivity contribution < 1.29 is 13.6 Å². The van der Waals surface area contributed by atoms with E-state index in [1.165, 1.54) is 18.2 Å². The van der Waals surface area contributed by atoms with Crippen LogP contribution in [0.15, 0.2) is 36.7 Å². The second-order valence-corrected chi connectivity index (χ2v) is 8.97. The van der Waals surface area contributed by atoms with Crippen molar-refractivity contribution in [2.75, 3.05) is 33.2 Å². The lowest BCUT2D eigenvalue weighted by molar-refractivity contribution is -0.138. The summed E-state index contributed by atoms with van der Waals surface area (Å²) < 4.78 is 27.9. The molecule has 8 heteroatoms. The molecule has 6 nitrogen and oxygen atoms in total. The first kappa shape index (κ1) is 22.7. The minimum atomic E-state index is -0.504. The Hall–Kier alpha value is -2.45. The molecular weight excluding hydrogens is 412 g/mol. The summed E-state index contributed by atoms with van der Waals surface area (Å²) in [5.74, 6) is -0.660. The first-order chi connectivity index (χ1) is 15.5. The summed E-state index contributed by atoms with van der Waals surface area (Å²) in [4.78, 5) is 19.4. The maximum Gasteiger partial charge on any atom is 0.225 e. The van der Waals surface area contributed by atoms with Crippen LogP contribution < -0.4 is 0 Å². The third-order valence-corrected chi connectivity index (χ3v) is 6.86. The molecule has 0 radical (unpaired) electrons. The molecule has 1 aromatic carbocycles. The van der Waals surface area contributed by atoms with Crippen LogP contribution >= 0.6 is 0 Å². The van der Waals surface area contributed by atoms with Crippen molar-refractivity contribution in [3.05, 3.63) is 59.4 Å². The van der Waals surface area contributed by atoms with Crippen molar-refractivity contribution in [2.45, 2.75) is 44.8 Å². The average molecular weight is 444 g/mol.